The van der Waals surface area contributed by atoms with E-state index in [-0.39, 0.29) is 5.67 Å². The molecule has 0 bridgehead atoms. The van der Waals surface area contributed by atoms with Gasteiger partial charge in [-0.2, -0.15) is 0 Å². The standard InChI is InChI=1S/C3H9NO2Si/c1-2(7)4-3(5)6/h2,4H,1,7H3,(H,5,6). The van der Waals surface area contributed by atoms with Crippen LogP contribution in [0.2, 0.25) is 0 Å². The molecule has 0 fully saturated rings. The second-order valence-corrected chi connectivity index (χ2v) is 3.34. The summed E-state index contributed by atoms with van der Waals surface area (Å²) in [7, 11) is 0.875. The molecule has 2 N–H and O–H groups in total. The summed E-state index contributed by atoms with van der Waals surface area (Å²) in [5.74, 6) is 0. The lowest BCUT2D eigenvalue weighted by molar-refractivity contribution is 0.194. The van der Waals surface area contributed by atoms with Crippen molar-refractivity contribution in [1.29, 1.82) is 0 Å². The van der Waals surface area contributed by atoms with Crippen LogP contribution >= 0.6 is 0 Å². The molecule has 0 saturated heterocycles. The maximum Gasteiger partial charge on any atom is 0.404 e. The molecule has 0 aromatic heterocycles. The molecule has 0 aromatic carbocycles. The van der Waals surface area contributed by atoms with Gasteiger partial charge in [0.15, 0.2) is 0 Å². The third-order valence-corrected chi connectivity index (χ3v) is 0.701. The molecule has 0 spiro atoms. The summed E-state index contributed by atoms with van der Waals surface area (Å²) >= 11 is 0. The second kappa shape index (κ2) is 2.63. The summed E-state index contributed by atoms with van der Waals surface area (Å²) in [5.41, 5.74) is 0.164. The summed E-state index contributed by atoms with van der Waals surface area (Å²) in [4.78, 5) is 9.72. The lowest BCUT2D eigenvalue weighted by Crippen LogP contribution is -2.30. The predicted molar refractivity (Wildman–Crippen MR) is 30.6 cm³/mol. The van der Waals surface area contributed by atoms with E-state index in [1.165, 1.54) is 0 Å². The topological polar surface area (TPSA) is 49.3 Å². The van der Waals surface area contributed by atoms with E-state index in [0.717, 1.165) is 10.2 Å². The number of carbonyl (C=O) groups is 1. The molecule has 3 nitrogen and oxygen atoms in total. The maximum atomic E-state index is 9.72. The van der Waals surface area contributed by atoms with Gasteiger partial charge in [-0.3, -0.25) is 0 Å². The Balaban J connectivity index is 3.13. The first kappa shape index (κ1) is 6.49. The van der Waals surface area contributed by atoms with E-state index in [0.29, 0.717) is 0 Å². The summed E-state index contributed by atoms with van der Waals surface area (Å²) in [5, 5.41) is 10.3. The predicted octanol–water partition coefficient (Wildman–Crippen LogP) is -1.03. The van der Waals surface area contributed by atoms with E-state index < -0.39 is 6.09 Å². The van der Waals surface area contributed by atoms with Gasteiger partial charge in [0, 0.05) is 15.9 Å². The Labute approximate surface area is 45.1 Å². The highest BCUT2D eigenvalue weighted by Gasteiger charge is 1.94. The zero-order chi connectivity index (χ0) is 5.86. The van der Waals surface area contributed by atoms with E-state index in [4.69, 9.17) is 5.11 Å². The van der Waals surface area contributed by atoms with Crippen LogP contribution in [0.4, 0.5) is 4.79 Å². The Morgan fingerprint density at radius 2 is 2.43 bits per heavy atom. The number of carboxylic acid groups (broad SMARTS) is 1. The molecule has 42 valence electrons. The highest BCUT2D eigenvalue weighted by molar-refractivity contribution is 6.12. The van der Waals surface area contributed by atoms with Gasteiger partial charge in [-0.15, -0.1) is 0 Å². The van der Waals surface area contributed by atoms with Crippen molar-refractivity contribution in [3.8, 4) is 0 Å². The first-order valence-electron chi connectivity index (χ1n) is 2.12. The molecular weight excluding hydrogens is 110 g/mol. The molecule has 7 heavy (non-hydrogen) atoms. The molecule has 0 aliphatic heterocycles. The highest BCUT2D eigenvalue weighted by atomic mass is 28.1. The quantitative estimate of drug-likeness (QED) is 0.433. The van der Waals surface area contributed by atoms with Gasteiger partial charge < -0.3 is 10.4 Å². The van der Waals surface area contributed by atoms with Crippen LogP contribution in [0.3, 0.4) is 0 Å². The smallest absolute Gasteiger partial charge is 0.404 e. The van der Waals surface area contributed by atoms with Crippen LogP contribution in [0.1, 0.15) is 6.92 Å². The Kier molecular flexibility index (Phi) is 2.43. The Morgan fingerprint density at radius 1 is 2.00 bits per heavy atom. The van der Waals surface area contributed by atoms with Gasteiger partial charge >= 0.3 is 6.09 Å². The van der Waals surface area contributed by atoms with Crippen LogP contribution < -0.4 is 5.32 Å². The SMILES string of the molecule is CC([SiH3])NC(=O)O. The number of hydrogen-bond acceptors (Lipinski definition) is 1. The van der Waals surface area contributed by atoms with Gasteiger partial charge in [0.2, 0.25) is 0 Å². The minimum absolute atomic E-state index is 0.164. The zero-order valence-electron chi connectivity index (χ0n) is 4.43. The number of rotatable bonds is 1. The van der Waals surface area contributed by atoms with Crippen LogP contribution in [-0.2, 0) is 0 Å². The van der Waals surface area contributed by atoms with E-state index in [2.05, 4.69) is 5.32 Å². The van der Waals surface area contributed by atoms with Gasteiger partial charge in [0.05, 0.1) is 0 Å². The van der Waals surface area contributed by atoms with Crippen molar-refractivity contribution < 1.29 is 9.90 Å². The Bertz CT molecular complexity index is 73.3. The molecule has 0 heterocycles. The van der Waals surface area contributed by atoms with Gasteiger partial charge in [-0.1, -0.05) is 0 Å². The van der Waals surface area contributed by atoms with Crippen molar-refractivity contribution >= 4 is 16.3 Å². The number of nitrogens with one attached hydrogen (secondary N) is 1. The van der Waals surface area contributed by atoms with E-state index in [1.807, 2.05) is 6.92 Å². The molecular formula is C3H9NO2Si. The molecule has 0 aromatic rings. The van der Waals surface area contributed by atoms with E-state index in [9.17, 15) is 4.79 Å². The van der Waals surface area contributed by atoms with Crippen molar-refractivity contribution in [3.63, 3.8) is 0 Å². The molecule has 4 heteroatoms. The van der Waals surface area contributed by atoms with Gasteiger partial charge in [-0.25, -0.2) is 4.79 Å². The minimum Gasteiger partial charge on any atom is -0.465 e. The Hall–Kier alpha value is -0.513. The lowest BCUT2D eigenvalue weighted by Gasteiger charge is -2.00. The fraction of sp³-hybridized carbons (Fsp3) is 0.667. The van der Waals surface area contributed by atoms with Crippen molar-refractivity contribution in [2.24, 2.45) is 0 Å². The summed E-state index contributed by atoms with van der Waals surface area (Å²) in [6, 6.07) is 0. The zero-order valence-corrected chi connectivity index (χ0v) is 6.43. The van der Waals surface area contributed by atoms with Crippen LogP contribution in [0.15, 0.2) is 0 Å². The van der Waals surface area contributed by atoms with Crippen molar-refractivity contribution in [2.45, 2.75) is 12.6 Å². The fourth-order valence-corrected chi connectivity index (χ4v) is 0.494. The van der Waals surface area contributed by atoms with Gasteiger partial charge in [0.1, 0.15) is 0 Å². The van der Waals surface area contributed by atoms with Crippen LogP contribution in [0.5, 0.6) is 0 Å². The molecule has 1 amide bonds. The van der Waals surface area contributed by atoms with E-state index >= 15 is 0 Å². The van der Waals surface area contributed by atoms with Crippen LogP contribution in [0, 0.1) is 0 Å². The fourth-order valence-electron chi connectivity index (χ4n) is 0.247. The van der Waals surface area contributed by atoms with Crippen LogP contribution in [0.25, 0.3) is 0 Å². The van der Waals surface area contributed by atoms with Crippen molar-refractivity contribution in [3.05, 3.63) is 0 Å². The van der Waals surface area contributed by atoms with Crippen molar-refractivity contribution in [2.75, 3.05) is 0 Å². The average Bonchev–Trinajstić information content (AvgIpc) is 1.27. The minimum atomic E-state index is -0.928. The van der Waals surface area contributed by atoms with Gasteiger partial charge in [0.25, 0.3) is 0 Å². The highest BCUT2D eigenvalue weighted by Crippen LogP contribution is 1.67. The maximum absolute atomic E-state index is 9.72. The largest absolute Gasteiger partial charge is 0.465 e. The molecule has 0 rings (SSSR count). The number of hydrogen-bond donors (Lipinski definition) is 2. The summed E-state index contributed by atoms with van der Waals surface area (Å²) in [6.45, 7) is 1.83. The van der Waals surface area contributed by atoms with E-state index in [1.54, 1.807) is 0 Å². The molecule has 0 aliphatic carbocycles. The Morgan fingerprint density at radius 3 is 2.43 bits per heavy atom. The third-order valence-electron chi connectivity index (χ3n) is 0.412. The summed E-state index contributed by atoms with van der Waals surface area (Å²) < 4.78 is 0. The van der Waals surface area contributed by atoms with Crippen molar-refractivity contribution in [1.82, 2.24) is 5.32 Å². The first-order chi connectivity index (χ1) is 3.13. The molecule has 0 radical (unpaired) electrons. The van der Waals surface area contributed by atoms with Crippen LogP contribution in [-0.4, -0.2) is 27.1 Å². The normalized spacial score (nSPS) is 13.3. The first-order valence-corrected chi connectivity index (χ1v) is 3.28. The van der Waals surface area contributed by atoms with Gasteiger partial charge in [-0.05, 0) is 6.92 Å². The molecule has 1 atom stereocenters. The molecule has 1 unspecified atom stereocenters. The lowest BCUT2D eigenvalue weighted by atomic mass is 10.7. The summed E-state index contributed by atoms with van der Waals surface area (Å²) in [6.07, 6.45) is -0.928. The third kappa shape index (κ3) is 5.49. The molecule has 0 saturated carbocycles. The molecule has 0 aliphatic rings. The second-order valence-electron chi connectivity index (χ2n) is 1.60. The number of amides is 1. The monoisotopic (exact) mass is 119 g/mol. The average molecular weight is 119 g/mol.